The molecule has 0 spiro atoms. The summed E-state index contributed by atoms with van der Waals surface area (Å²) in [6, 6.07) is -1.02. The molecule has 0 fully saturated rings. The number of tetrazole rings is 1. The molecule has 1 aromatic heterocycles. The van der Waals surface area contributed by atoms with Crippen LogP contribution in [0.3, 0.4) is 0 Å². The molecule has 0 unspecified atom stereocenters. The van der Waals surface area contributed by atoms with Crippen molar-refractivity contribution in [1.29, 1.82) is 0 Å². The summed E-state index contributed by atoms with van der Waals surface area (Å²) in [5, 5.41) is 10.2. The molecule has 260 valence electrons. The summed E-state index contributed by atoms with van der Waals surface area (Å²) in [5.74, 6) is -12.4. The van der Waals surface area contributed by atoms with Gasteiger partial charge in [0.1, 0.15) is 0 Å². The minimum atomic E-state index is -5.22. The van der Waals surface area contributed by atoms with Crippen LogP contribution in [0.1, 0.15) is 57.2 Å². The zero-order valence-electron chi connectivity index (χ0n) is 25.4. The van der Waals surface area contributed by atoms with Crippen molar-refractivity contribution < 1.29 is 62.6 Å². The van der Waals surface area contributed by atoms with Crippen molar-refractivity contribution >= 4 is 6.03 Å². The molecular weight excluding hydrogens is 663 g/mol. The van der Waals surface area contributed by atoms with Crippen LogP contribution in [0.2, 0.25) is 0 Å². The van der Waals surface area contributed by atoms with Crippen LogP contribution in [-0.4, -0.2) is 62.6 Å². The maximum absolute atomic E-state index is 14.6. The smallest absolute Gasteiger partial charge is 0.379 e. The maximum Gasteiger partial charge on any atom is 0.416 e. The fourth-order valence-corrected chi connectivity index (χ4v) is 4.00. The molecule has 0 saturated heterocycles. The van der Waals surface area contributed by atoms with Crippen molar-refractivity contribution in [3.8, 4) is 11.4 Å². The van der Waals surface area contributed by atoms with E-state index in [1.54, 1.807) is 27.7 Å². The lowest BCUT2D eigenvalue weighted by Gasteiger charge is -2.31. The van der Waals surface area contributed by atoms with Gasteiger partial charge in [-0.1, -0.05) is 4.80 Å². The number of carbonyl (C=O) groups is 1. The van der Waals surface area contributed by atoms with Gasteiger partial charge in [-0.05, 0) is 63.9 Å². The monoisotopic (exact) mass is 691 g/mol. The van der Waals surface area contributed by atoms with E-state index in [0.29, 0.717) is 11.3 Å². The summed E-state index contributed by atoms with van der Waals surface area (Å²) < 4.78 is 162. The number of hydrogen-bond acceptors (Lipinski definition) is 6. The molecule has 3 aromatic rings. The third kappa shape index (κ3) is 9.15. The fourth-order valence-electron chi connectivity index (χ4n) is 4.00. The number of carbonyl (C=O) groups excluding carboxylic acids is 1. The summed E-state index contributed by atoms with van der Waals surface area (Å²) in [4.78, 5) is 14.0. The number of nitrogens with zero attached hydrogens (tertiary/aromatic N) is 5. The van der Waals surface area contributed by atoms with Gasteiger partial charge in [0.05, 0.1) is 35.5 Å². The molecule has 1 amide bonds. The number of hydrogen-bond donors (Lipinski definition) is 0. The van der Waals surface area contributed by atoms with Crippen molar-refractivity contribution in [2.24, 2.45) is 0 Å². The van der Waals surface area contributed by atoms with Gasteiger partial charge in [-0.15, -0.1) is 10.2 Å². The van der Waals surface area contributed by atoms with Gasteiger partial charge in [-0.2, -0.15) is 26.3 Å². The Hall–Kier alpha value is -3.87. The number of benzene rings is 2. The first-order valence-electron chi connectivity index (χ1n) is 13.6. The molecule has 0 aliphatic heterocycles. The fraction of sp³-hybridized carbons (Fsp3) is 0.500. The molecule has 19 heteroatoms. The van der Waals surface area contributed by atoms with Crippen LogP contribution in [0.5, 0.6) is 0 Å². The molecule has 0 radical (unpaired) electrons. The Labute approximate surface area is 260 Å². The van der Waals surface area contributed by atoms with Crippen LogP contribution in [-0.2, 0) is 28.4 Å². The van der Waals surface area contributed by atoms with Crippen molar-refractivity contribution in [1.82, 2.24) is 25.1 Å². The Morgan fingerprint density at radius 2 is 1.30 bits per heavy atom. The van der Waals surface area contributed by atoms with Crippen molar-refractivity contribution in [3.05, 3.63) is 64.0 Å². The average Bonchev–Trinajstić information content (AvgIpc) is 3.48. The van der Waals surface area contributed by atoms with Gasteiger partial charge in [-0.25, -0.2) is 26.7 Å². The van der Waals surface area contributed by atoms with Gasteiger partial charge >= 0.3 is 18.4 Å². The summed E-state index contributed by atoms with van der Waals surface area (Å²) >= 11 is 0. The van der Waals surface area contributed by atoms with Gasteiger partial charge in [0.2, 0.25) is 11.6 Å². The van der Waals surface area contributed by atoms with Crippen LogP contribution in [0.15, 0.2) is 18.2 Å². The summed E-state index contributed by atoms with van der Waals surface area (Å²) in [6.45, 7) is 5.11. The Morgan fingerprint density at radius 1 is 0.787 bits per heavy atom. The Balaban J connectivity index is 1.99. The van der Waals surface area contributed by atoms with Crippen molar-refractivity contribution in [2.75, 3.05) is 20.3 Å². The van der Waals surface area contributed by atoms with Crippen molar-refractivity contribution in [3.63, 3.8) is 0 Å². The van der Waals surface area contributed by atoms with E-state index in [9.17, 15) is 53.1 Å². The van der Waals surface area contributed by atoms with E-state index in [1.807, 2.05) is 0 Å². The lowest BCUT2D eigenvalue weighted by Crippen LogP contribution is -2.40. The third-order valence-corrected chi connectivity index (χ3v) is 7.08. The Bertz CT molecular complexity index is 1540. The molecule has 0 atom stereocenters. The van der Waals surface area contributed by atoms with Gasteiger partial charge in [0.25, 0.3) is 0 Å². The highest BCUT2D eigenvalue weighted by atomic mass is 19.4. The number of ether oxygens (including phenoxy) is 2. The van der Waals surface area contributed by atoms with E-state index in [4.69, 9.17) is 9.47 Å². The molecule has 8 nitrogen and oxygen atoms in total. The third-order valence-electron chi connectivity index (χ3n) is 7.08. The van der Waals surface area contributed by atoms with E-state index in [1.165, 1.54) is 7.11 Å². The summed E-state index contributed by atoms with van der Waals surface area (Å²) in [6.07, 6.45) is -10.1. The van der Waals surface area contributed by atoms with Crippen LogP contribution in [0.25, 0.3) is 11.4 Å². The maximum atomic E-state index is 14.6. The second kappa shape index (κ2) is 13.7. The molecule has 0 aliphatic carbocycles. The number of rotatable bonds is 11. The number of amides is 1. The molecular formula is C28H28F11N5O3. The van der Waals surface area contributed by atoms with Crippen molar-refractivity contribution in [2.45, 2.75) is 70.6 Å². The highest BCUT2D eigenvalue weighted by molar-refractivity contribution is 5.75. The van der Waals surface area contributed by atoms with E-state index in [-0.39, 0.29) is 36.0 Å². The van der Waals surface area contributed by atoms with Crippen LogP contribution in [0, 0.1) is 29.1 Å². The molecule has 0 saturated carbocycles. The first-order valence-corrected chi connectivity index (χ1v) is 13.6. The van der Waals surface area contributed by atoms with E-state index in [2.05, 4.69) is 15.4 Å². The predicted octanol–water partition coefficient (Wildman–Crippen LogP) is 7.54. The topological polar surface area (TPSA) is 82.4 Å². The predicted molar refractivity (Wildman–Crippen MR) is 141 cm³/mol. The first kappa shape index (κ1) is 37.6. The molecule has 1 heterocycles. The minimum Gasteiger partial charge on any atom is -0.379 e. The van der Waals surface area contributed by atoms with Gasteiger partial charge in [-0.3, -0.25) is 0 Å². The van der Waals surface area contributed by atoms with Gasteiger partial charge in [0.15, 0.2) is 23.3 Å². The quantitative estimate of drug-likeness (QED) is 0.117. The molecule has 0 aliphatic rings. The van der Waals surface area contributed by atoms with E-state index in [0.717, 1.165) is 0 Å². The zero-order chi connectivity index (χ0) is 35.7. The lowest BCUT2D eigenvalue weighted by molar-refractivity contribution is -0.143. The standard InChI is InChI=1S/C28H28F11N5O3/c1-25(2,46-5)7-9-47-26(3,4)6-8-43(13-17-18(29)20(31)22(33)21(32)19(17)30)24(45)44-41-23(40-42-44)14-10-15(27(34,35)36)12-16(11-14)28(37,38)39/h10-12H,6-9,13H2,1-5H3. The summed E-state index contributed by atoms with van der Waals surface area (Å²) in [7, 11) is 1.49. The van der Waals surface area contributed by atoms with Gasteiger partial charge in [0, 0.05) is 24.8 Å². The minimum absolute atomic E-state index is 0.0872. The van der Waals surface area contributed by atoms with Crippen LogP contribution < -0.4 is 0 Å². The Morgan fingerprint density at radius 3 is 1.79 bits per heavy atom. The normalized spacial score (nSPS) is 12.9. The van der Waals surface area contributed by atoms with Crippen LogP contribution >= 0.6 is 0 Å². The second-order valence-corrected chi connectivity index (χ2v) is 11.5. The number of aromatic nitrogens is 4. The average molecular weight is 692 g/mol. The highest BCUT2D eigenvalue weighted by Crippen LogP contribution is 2.38. The van der Waals surface area contributed by atoms with E-state index < -0.39 is 99.8 Å². The van der Waals surface area contributed by atoms with E-state index >= 15 is 0 Å². The molecule has 0 N–H and O–H groups in total. The highest BCUT2D eigenvalue weighted by Gasteiger charge is 2.38. The molecule has 47 heavy (non-hydrogen) atoms. The Kier molecular flexibility index (Phi) is 11.0. The van der Waals surface area contributed by atoms with Gasteiger partial charge < -0.3 is 14.4 Å². The zero-order valence-corrected chi connectivity index (χ0v) is 25.4. The molecule has 3 rings (SSSR count). The first-order chi connectivity index (χ1) is 21.5. The van der Waals surface area contributed by atoms with Crippen LogP contribution in [0.4, 0.5) is 53.1 Å². The SMILES string of the molecule is COC(C)(C)CCOC(C)(C)CCN(Cc1c(F)c(F)c(F)c(F)c1F)C(=O)n1nnc(-c2cc(C(F)(F)F)cc(C(F)(F)F)c2)n1. The number of halogens is 11. The number of methoxy groups -OCH3 is 1. The molecule has 2 aromatic carbocycles. The summed E-state index contributed by atoms with van der Waals surface area (Å²) in [5.41, 5.74) is -7.32. The molecule has 0 bridgehead atoms. The largest absolute Gasteiger partial charge is 0.416 e. The lowest BCUT2D eigenvalue weighted by atomic mass is 10.0. The second-order valence-electron chi connectivity index (χ2n) is 11.5. The number of alkyl halides is 6.